The summed E-state index contributed by atoms with van der Waals surface area (Å²) in [6.07, 6.45) is 1.27. The molecule has 1 fully saturated rings. The van der Waals surface area contributed by atoms with Gasteiger partial charge in [-0.2, -0.15) is 0 Å². The molecule has 3 aromatic rings. The number of aromatic nitrogens is 1. The van der Waals surface area contributed by atoms with Crippen LogP contribution in [0.15, 0.2) is 57.7 Å². The van der Waals surface area contributed by atoms with Gasteiger partial charge < -0.3 is 14.5 Å². The van der Waals surface area contributed by atoms with E-state index < -0.39 is 11.2 Å². The largest absolute Gasteiger partial charge is 0.417 e. The second-order valence-corrected chi connectivity index (χ2v) is 6.24. The number of H-pyrrole nitrogens is 1. The van der Waals surface area contributed by atoms with Crippen LogP contribution in [0, 0.1) is 0 Å². The molecule has 2 aromatic carbocycles. The number of carbonyl (C=O) groups excluding carboxylic acids is 1. The van der Waals surface area contributed by atoms with Crippen LogP contribution < -0.4 is 11.1 Å². The zero-order valence-corrected chi connectivity index (χ0v) is 13.6. The van der Waals surface area contributed by atoms with E-state index in [1.54, 1.807) is 18.2 Å². The summed E-state index contributed by atoms with van der Waals surface area (Å²) in [5.74, 6) is -0.573. The van der Waals surface area contributed by atoms with Gasteiger partial charge in [0.1, 0.15) is 0 Å². The minimum Gasteiger partial charge on any atom is -0.408 e. The van der Waals surface area contributed by atoms with E-state index in [2.05, 4.69) is 10.3 Å². The molecule has 2 N–H and O–H groups in total. The summed E-state index contributed by atoms with van der Waals surface area (Å²) in [5, 5.41) is 2.99. The lowest BCUT2D eigenvalue weighted by atomic mass is 9.73. The van der Waals surface area contributed by atoms with E-state index in [0.29, 0.717) is 42.8 Å². The molecule has 0 spiro atoms. The highest BCUT2D eigenvalue weighted by Gasteiger charge is 2.41. The fraction of sp³-hybridized carbons (Fsp3) is 0.263. The first-order valence-corrected chi connectivity index (χ1v) is 8.25. The minimum atomic E-state index is -0.613. The van der Waals surface area contributed by atoms with Gasteiger partial charge in [0.2, 0.25) is 5.91 Å². The van der Waals surface area contributed by atoms with Crippen molar-refractivity contribution in [2.75, 3.05) is 18.5 Å². The summed E-state index contributed by atoms with van der Waals surface area (Å²) in [6, 6.07) is 14.9. The van der Waals surface area contributed by atoms with Crippen molar-refractivity contribution >= 4 is 22.7 Å². The number of ether oxygens (including phenoxy) is 1. The molecule has 128 valence electrons. The maximum Gasteiger partial charge on any atom is 0.417 e. The SMILES string of the molecule is O=C(Nc1ccc2oc(=O)[nH]c2c1)C1(c2ccccc2)CCOCC1. The van der Waals surface area contributed by atoms with Crippen LogP contribution in [0.4, 0.5) is 5.69 Å². The van der Waals surface area contributed by atoms with E-state index >= 15 is 0 Å². The minimum absolute atomic E-state index is 0.0628. The molecule has 1 amide bonds. The molecule has 0 aliphatic carbocycles. The third kappa shape index (κ3) is 2.85. The molecule has 2 heterocycles. The lowest BCUT2D eigenvalue weighted by Gasteiger charge is -2.36. The number of amides is 1. The van der Waals surface area contributed by atoms with E-state index in [-0.39, 0.29) is 5.91 Å². The molecule has 6 nitrogen and oxygen atoms in total. The van der Waals surface area contributed by atoms with E-state index in [9.17, 15) is 9.59 Å². The Bertz CT molecular complexity index is 952. The summed E-state index contributed by atoms with van der Waals surface area (Å²) >= 11 is 0. The molecular formula is C19H18N2O4. The lowest BCUT2D eigenvalue weighted by molar-refractivity contribution is -0.125. The summed E-state index contributed by atoms with van der Waals surface area (Å²) in [6.45, 7) is 1.10. The highest BCUT2D eigenvalue weighted by Crippen LogP contribution is 2.36. The van der Waals surface area contributed by atoms with Crippen LogP contribution in [0.5, 0.6) is 0 Å². The van der Waals surface area contributed by atoms with Crippen LogP contribution in [-0.4, -0.2) is 24.1 Å². The van der Waals surface area contributed by atoms with E-state index in [4.69, 9.17) is 9.15 Å². The molecule has 0 bridgehead atoms. The first-order chi connectivity index (χ1) is 12.2. The smallest absolute Gasteiger partial charge is 0.408 e. The van der Waals surface area contributed by atoms with Gasteiger partial charge in [-0.05, 0) is 36.6 Å². The topological polar surface area (TPSA) is 84.3 Å². The number of fused-ring (bicyclic) bond motifs is 1. The maximum atomic E-state index is 13.2. The number of hydrogen-bond acceptors (Lipinski definition) is 4. The normalized spacial score (nSPS) is 16.6. The zero-order valence-electron chi connectivity index (χ0n) is 13.6. The van der Waals surface area contributed by atoms with Gasteiger partial charge in [0.25, 0.3) is 0 Å². The summed E-state index contributed by atoms with van der Waals surface area (Å²) in [4.78, 5) is 27.1. The van der Waals surface area contributed by atoms with Crippen molar-refractivity contribution in [2.24, 2.45) is 0 Å². The number of anilines is 1. The summed E-state index contributed by atoms with van der Waals surface area (Å²) in [7, 11) is 0. The summed E-state index contributed by atoms with van der Waals surface area (Å²) < 4.78 is 10.5. The molecule has 4 rings (SSSR count). The molecule has 0 atom stereocenters. The zero-order chi connectivity index (χ0) is 17.3. The Morgan fingerprint density at radius 3 is 2.60 bits per heavy atom. The fourth-order valence-corrected chi connectivity index (χ4v) is 3.40. The van der Waals surface area contributed by atoms with Gasteiger partial charge in [-0.25, -0.2) is 4.79 Å². The lowest BCUT2D eigenvalue weighted by Crippen LogP contribution is -2.44. The van der Waals surface area contributed by atoms with Crippen LogP contribution in [0.2, 0.25) is 0 Å². The molecule has 6 heteroatoms. The second-order valence-electron chi connectivity index (χ2n) is 6.24. The van der Waals surface area contributed by atoms with Crippen molar-refractivity contribution in [3.63, 3.8) is 0 Å². The number of carbonyl (C=O) groups is 1. The first-order valence-electron chi connectivity index (χ1n) is 8.25. The van der Waals surface area contributed by atoms with Crippen molar-refractivity contribution in [3.05, 3.63) is 64.6 Å². The molecule has 1 aromatic heterocycles. The average molecular weight is 338 g/mol. The van der Waals surface area contributed by atoms with Crippen LogP contribution >= 0.6 is 0 Å². The second kappa shape index (κ2) is 6.22. The van der Waals surface area contributed by atoms with Gasteiger partial charge in [0.15, 0.2) is 5.58 Å². The molecular weight excluding hydrogens is 320 g/mol. The van der Waals surface area contributed by atoms with Crippen LogP contribution in [0.25, 0.3) is 11.1 Å². The predicted octanol–water partition coefficient (Wildman–Crippen LogP) is 2.81. The maximum absolute atomic E-state index is 13.2. The van der Waals surface area contributed by atoms with Gasteiger partial charge in [0, 0.05) is 18.9 Å². The van der Waals surface area contributed by atoms with Crippen molar-refractivity contribution < 1.29 is 13.9 Å². The Kier molecular flexibility index (Phi) is 3.89. The molecule has 0 unspecified atom stereocenters. The van der Waals surface area contributed by atoms with Gasteiger partial charge in [0.05, 0.1) is 10.9 Å². The van der Waals surface area contributed by atoms with Crippen molar-refractivity contribution in [1.29, 1.82) is 0 Å². The number of aromatic amines is 1. The van der Waals surface area contributed by atoms with Crippen LogP contribution in [-0.2, 0) is 14.9 Å². The molecule has 1 aliphatic rings. The molecule has 1 aliphatic heterocycles. The quantitative estimate of drug-likeness (QED) is 0.769. The van der Waals surface area contributed by atoms with Crippen LogP contribution in [0.3, 0.4) is 0 Å². The van der Waals surface area contributed by atoms with E-state index in [1.165, 1.54) is 0 Å². The average Bonchev–Trinajstić information content (AvgIpc) is 3.02. The Labute approximate surface area is 143 Å². The molecule has 0 saturated carbocycles. The Morgan fingerprint density at radius 1 is 1.08 bits per heavy atom. The van der Waals surface area contributed by atoms with Gasteiger partial charge in [-0.3, -0.25) is 9.78 Å². The monoisotopic (exact) mass is 338 g/mol. The third-order valence-electron chi connectivity index (χ3n) is 4.78. The van der Waals surface area contributed by atoms with E-state index in [1.807, 2.05) is 30.3 Å². The molecule has 0 radical (unpaired) electrons. The number of rotatable bonds is 3. The van der Waals surface area contributed by atoms with Gasteiger partial charge in [-0.1, -0.05) is 30.3 Å². The highest BCUT2D eigenvalue weighted by molar-refractivity contribution is 6.00. The number of benzene rings is 2. The van der Waals surface area contributed by atoms with E-state index in [0.717, 1.165) is 5.56 Å². The Morgan fingerprint density at radius 2 is 1.84 bits per heavy atom. The Balaban J connectivity index is 1.67. The Hall–Kier alpha value is -2.86. The summed E-state index contributed by atoms with van der Waals surface area (Å²) in [5.41, 5.74) is 2.03. The van der Waals surface area contributed by atoms with Crippen LogP contribution in [0.1, 0.15) is 18.4 Å². The predicted molar refractivity (Wildman–Crippen MR) is 93.6 cm³/mol. The standard InChI is InChI=1S/C19H18N2O4/c22-17(20-14-6-7-16-15(12-14)21-18(23)25-16)19(8-10-24-11-9-19)13-4-2-1-3-5-13/h1-7,12H,8-11H2,(H,20,22)(H,21,23). The van der Waals surface area contributed by atoms with Crippen molar-refractivity contribution in [3.8, 4) is 0 Å². The third-order valence-corrected chi connectivity index (χ3v) is 4.78. The van der Waals surface area contributed by atoms with Crippen molar-refractivity contribution in [1.82, 2.24) is 4.98 Å². The fourth-order valence-electron chi connectivity index (χ4n) is 3.40. The number of hydrogen-bond donors (Lipinski definition) is 2. The first kappa shape index (κ1) is 15.7. The molecule has 1 saturated heterocycles. The van der Waals surface area contributed by atoms with Gasteiger partial charge >= 0.3 is 5.76 Å². The highest BCUT2D eigenvalue weighted by atomic mass is 16.5. The number of nitrogens with one attached hydrogen (secondary N) is 2. The van der Waals surface area contributed by atoms with Gasteiger partial charge in [-0.15, -0.1) is 0 Å². The number of oxazole rings is 1. The molecule has 25 heavy (non-hydrogen) atoms. The van der Waals surface area contributed by atoms with Crippen molar-refractivity contribution in [2.45, 2.75) is 18.3 Å².